The number of hydrogen-bond donors (Lipinski definition) is 2. The fourth-order valence-corrected chi connectivity index (χ4v) is 2.07. The van der Waals surface area contributed by atoms with Gasteiger partial charge in [0, 0.05) is 19.6 Å². The fraction of sp³-hybridized carbons (Fsp3) is 0.571. The van der Waals surface area contributed by atoms with Crippen molar-refractivity contribution in [3.8, 4) is 0 Å². The molecule has 0 bridgehead atoms. The molecule has 3 nitrogen and oxygen atoms in total. The molecule has 2 N–H and O–H groups in total. The molecule has 96 valence electrons. The van der Waals surface area contributed by atoms with Gasteiger partial charge in [0.25, 0.3) is 0 Å². The zero-order valence-corrected chi connectivity index (χ0v) is 10.9. The van der Waals surface area contributed by atoms with Crippen LogP contribution in [-0.2, 0) is 6.54 Å². The first-order valence-electron chi connectivity index (χ1n) is 6.28. The van der Waals surface area contributed by atoms with Crippen molar-refractivity contribution in [2.75, 3.05) is 33.3 Å². The highest BCUT2D eigenvalue weighted by Gasteiger charge is 2.09. The van der Waals surface area contributed by atoms with Crippen LogP contribution in [0.15, 0.2) is 30.3 Å². The average molecular weight is 236 g/mol. The Kier molecular flexibility index (Phi) is 6.86. The summed E-state index contributed by atoms with van der Waals surface area (Å²) in [6, 6.07) is 10.4. The van der Waals surface area contributed by atoms with Crippen LogP contribution in [0.4, 0.5) is 0 Å². The summed E-state index contributed by atoms with van der Waals surface area (Å²) in [5.74, 6) is 0.593. The lowest BCUT2D eigenvalue weighted by atomic mass is 10.1. The lowest BCUT2D eigenvalue weighted by Gasteiger charge is -2.25. The Bertz CT molecular complexity index is 290. The number of nitrogens with one attached hydrogen (secondary N) is 1. The molecular weight excluding hydrogens is 212 g/mol. The third-order valence-electron chi connectivity index (χ3n) is 2.79. The van der Waals surface area contributed by atoms with E-state index in [4.69, 9.17) is 5.11 Å². The highest BCUT2D eigenvalue weighted by molar-refractivity contribution is 5.14. The summed E-state index contributed by atoms with van der Waals surface area (Å²) in [6.07, 6.45) is 0. The third-order valence-corrected chi connectivity index (χ3v) is 2.79. The van der Waals surface area contributed by atoms with E-state index in [9.17, 15) is 0 Å². The van der Waals surface area contributed by atoms with Gasteiger partial charge >= 0.3 is 0 Å². The smallest absolute Gasteiger partial charge is 0.0558 e. The van der Waals surface area contributed by atoms with Gasteiger partial charge in [-0.1, -0.05) is 37.3 Å². The second-order valence-electron chi connectivity index (χ2n) is 4.61. The summed E-state index contributed by atoms with van der Waals surface area (Å²) >= 11 is 0. The zero-order valence-electron chi connectivity index (χ0n) is 10.9. The molecule has 0 amide bonds. The maximum atomic E-state index is 9.10. The van der Waals surface area contributed by atoms with Gasteiger partial charge < -0.3 is 10.4 Å². The quantitative estimate of drug-likeness (QED) is 0.715. The van der Waals surface area contributed by atoms with Crippen LogP contribution in [-0.4, -0.2) is 43.3 Å². The van der Waals surface area contributed by atoms with Gasteiger partial charge in [0.2, 0.25) is 0 Å². The fourth-order valence-electron chi connectivity index (χ4n) is 2.07. The van der Waals surface area contributed by atoms with Crippen LogP contribution in [0.3, 0.4) is 0 Å². The molecule has 1 aromatic carbocycles. The second-order valence-corrected chi connectivity index (χ2v) is 4.61. The molecule has 1 unspecified atom stereocenters. The van der Waals surface area contributed by atoms with Crippen molar-refractivity contribution in [1.82, 2.24) is 10.2 Å². The standard InChI is InChI=1S/C14H24N2O/c1-13(10-15-2)11-16(8-9-17)12-14-6-4-3-5-7-14/h3-7,13,15,17H,8-12H2,1-2H3. The van der Waals surface area contributed by atoms with E-state index in [0.29, 0.717) is 5.92 Å². The Morgan fingerprint density at radius 2 is 2.00 bits per heavy atom. The van der Waals surface area contributed by atoms with Crippen LogP contribution >= 0.6 is 0 Å². The Morgan fingerprint density at radius 1 is 1.29 bits per heavy atom. The molecule has 0 saturated carbocycles. The van der Waals surface area contributed by atoms with Gasteiger partial charge in [-0.2, -0.15) is 0 Å². The molecule has 0 saturated heterocycles. The predicted octanol–water partition coefficient (Wildman–Crippen LogP) is 1.34. The van der Waals surface area contributed by atoms with Crippen LogP contribution in [0, 0.1) is 5.92 Å². The molecule has 17 heavy (non-hydrogen) atoms. The van der Waals surface area contributed by atoms with Gasteiger partial charge in [-0.3, -0.25) is 4.90 Å². The van der Waals surface area contributed by atoms with E-state index in [1.807, 2.05) is 13.1 Å². The van der Waals surface area contributed by atoms with Gasteiger partial charge in [-0.15, -0.1) is 0 Å². The van der Waals surface area contributed by atoms with E-state index >= 15 is 0 Å². The van der Waals surface area contributed by atoms with Crippen LogP contribution in [0.1, 0.15) is 12.5 Å². The molecule has 3 heteroatoms. The van der Waals surface area contributed by atoms with E-state index in [0.717, 1.165) is 26.2 Å². The first-order valence-corrected chi connectivity index (χ1v) is 6.28. The van der Waals surface area contributed by atoms with Crippen LogP contribution in [0.5, 0.6) is 0 Å². The van der Waals surface area contributed by atoms with Crippen molar-refractivity contribution >= 4 is 0 Å². The maximum absolute atomic E-state index is 9.10. The average Bonchev–Trinajstić information content (AvgIpc) is 2.31. The minimum atomic E-state index is 0.221. The molecule has 0 heterocycles. The summed E-state index contributed by atoms with van der Waals surface area (Å²) in [5.41, 5.74) is 1.30. The number of rotatable bonds is 8. The van der Waals surface area contributed by atoms with Gasteiger partial charge in [-0.25, -0.2) is 0 Å². The molecule has 1 rings (SSSR count). The minimum absolute atomic E-state index is 0.221. The number of hydrogen-bond acceptors (Lipinski definition) is 3. The molecule has 0 fully saturated rings. The SMILES string of the molecule is CNCC(C)CN(CCO)Cc1ccccc1. The largest absolute Gasteiger partial charge is 0.395 e. The molecule has 0 aliphatic carbocycles. The van der Waals surface area contributed by atoms with Crippen LogP contribution in [0.2, 0.25) is 0 Å². The first kappa shape index (κ1) is 14.2. The maximum Gasteiger partial charge on any atom is 0.0558 e. The Morgan fingerprint density at radius 3 is 2.59 bits per heavy atom. The minimum Gasteiger partial charge on any atom is -0.395 e. The summed E-state index contributed by atoms with van der Waals surface area (Å²) < 4.78 is 0. The highest BCUT2D eigenvalue weighted by atomic mass is 16.3. The highest BCUT2D eigenvalue weighted by Crippen LogP contribution is 2.06. The van der Waals surface area contributed by atoms with Crippen molar-refractivity contribution in [3.63, 3.8) is 0 Å². The summed E-state index contributed by atoms with van der Waals surface area (Å²) in [6.45, 7) is 6.12. The molecule has 0 radical (unpaired) electrons. The normalized spacial score (nSPS) is 12.9. The summed E-state index contributed by atoms with van der Waals surface area (Å²) in [7, 11) is 1.98. The molecule has 1 atom stereocenters. The lowest BCUT2D eigenvalue weighted by Crippen LogP contribution is -2.34. The van der Waals surface area contributed by atoms with E-state index < -0.39 is 0 Å². The topological polar surface area (TPSA) is 35.5 Å². The molecule has 1 aromatic rings. The van der Waals surface area contributed by atoms with E-state index in [-0.39, 0.29) is 6.61 Å². The lowest BCUT2D eigenvalue weighted by molar-refractivity contribution is 0.172. The van der Waals surface area contributed by atoms with Gasteiger partial charge in [0.1, 0.15) is 0 Å². The van der Waals surface area contributed by atoms with Crippen molar-refractivity contribution in [2.45, 2.75) is 13.5 Å². The van der Waals surface area contributed by atoms with Crippen molar-refractivity contribution in [1.29, 1.82) is 0 Å². The predicted molar refractivity (Wildman–Crippen MR) is 71.9 cm³/mol. The van der Waals surface area contributed by atoms with Crippen molar-refractivity contribution < 1.29 is 5.11 Å². The van der Waals surface area contributed by atoms with E-state index in [1.54, 1.807) is 0 Å². The molecule has 0 aromatic heterocycles. The number of nitrogens with zero attached hydrogens (tertiary/aromatic N) is 1. The molecular formula is C14H24N2O. The number of aliphatic hydroxyl groups is 1. The van der Waals surface area contributed by atoms with Crippen LogP contribution in [0.25, 0.3) is 0 Å². The summed E-state index contributed by atoms with van der Waals surface area (Å²) in [4.78, 5) is 2.30. The zero-order chi connectivity index (χ0) is 12.5. The summed E-state index contributed by atoms with van der Waals surface area (Å²) in [5, 5.41) is 12.3. The number of benzene rings is 1. The van der Waals surface area contributed by atoms with Gasteiger partial charge in [0.05, 0.1) is 6.61 Å². The molecule has 0 aliphatic heterocycles. The Hall–Kier alpha value is -0.900. The Balaban J connectivity index is 2.48. The van der Waals surface area contributed by atoms with Gasteiger partial charge in [-0.05, 0) is 25.1 Å². The van der Waals surface area contributed by atoms with E-state index in [1.165, 1.54) is 5.56 Å². The molecule has 0 aliphatic rings. The monoisotopic (exact) mass is 236 g/mol. The third kappa shape index (κ3) is 5.82. The van der Waals surface area contributed by atoms with Crippen LogP contribution < -0.4 is 5.32 Å². The Labute approximate surface area is 104 Å². The van der Waals surface area contributed by atoms with Crippen molar-refractivity contribution in [3.05, 3.63) is 35.9 Å². The first-order chi connectivity index (χ1) is 8.26. The second kappa shape index (κ2) is 8.23. The van der Waals surface area contributed by atoms with Crippen molar-refractivity contribution in [2.24, 2.45) is 5.92 Å². The number of aliphatic hydroxyl groups excluding tert-OH is 1. The van der Waals surface area contributed by atoms with Gasteiger partial charge in [0.15, 0.2) is 0 Å². The molecule has 0 spiro atoms. The van der Waals surface area contributed by atoms with E-state index in [2.05, 4.69) is 41.4 Å².